The second-order valence-corrected chi connectivity index (χ2v) is 9.63. The number of furan rings is 1. The van der Waals surface area contributed by atoms with Crippen molar-refractivity contribution in [1.82, 2.24) is 9.97 Å². The molecule has 0 bridgehead atoms. The van der Waals surface area contributed by atoms with Crippen LogP contribution in [0.25, 0.3) is 66.2 Å². The highest BCUT2D eigenvalue weighted by molar-refractivity contribution is 6.15. The van der Waals surface area contributed by atoms with Crippen LogP contribution in [0.5, 0.6) is 0 Å². The Kier molecular flexibility index (Phi) is 4.90. The maximum Gasteiger partial charge on any atom is 0.144 e. The van der Waals surface area contributed by atoms with Gasteiger partial charge < -0.3 is 4.42 Å². The number of para-hydroxylation sites is 1. The molecule has 3 aromatic heterocycles. The second kappa shape index (κ2) is 8.42. The molecule has 0 aliphatic rings. The average molecular weight is 477 g/mol. The van der Waals surface area contributed by atoms with Gasteiger partial charge in [-0.1, -0.05) is 60.7 Å². The van der Waals surface area contributed by atoms with Gasteiger partial charge in [-0.15, -0.1) is 0 Å². The predicted octanol–water partition coefficient (Wildman–Crippen LogP) is 9.15. The summed E-state index contributed by atoms with van der Waals surface area (Å²) in [6.45, 7) is 4.25. The summed E-state index contributed by atoms with van der Waals surface area (Å²) >= 11 is 0. The molecular formula is C34H24N2O. The predicted molar refractivity (Wildman–Crippen MR) is 153 cm³/mol. The van der Waals surface area contributed by atoms with E-state index in [1.54, 1.807) is 0 Å². The molecule has 4 aromatic carbocycles. The summed E-state index contributed by atoms with van der Waals surface area (Å²) in [5.74, 6) is 0. The zero-order valence-corrected chi connectivity index (χ0v) is 20.7. The summed E-state index contributed by atoms with van der Waals surface area (Å²) in [5.41, 5.74) is 10.5. The lowest BCUT2D eigenvalue weighted by Crippen LogP contribution is -1.87. The van der Waals surface area contributed by atoms with Crippen molar-refractivity contribution in [2.75, 3.05) is 0 Å². The zero-order chi connectivity index (χ0) is 24.9. The molecule has 0 saturated carbocycles. The molecule has 37 heavy (non-hydrogen) atoms. The number of aromatic nitrogens is 2. The minimum atomic E-state index is 0.858. The highest BCUT2D eigenvalue weighted by Gasteiger charge is 2.18. The monoisotopic (exact) mass is 476 g/mol. The molecule has 0 fully saturated rings. The van der Waals surface area contributed by atoms with Gasteiger partial charge >= 0.3 is 0 Å². The molecule has 0 atom stereocenters. The first-order valence-corrected chi connectivity index (χ1v) is 12.5. The lowest BCUT2D eigenvalue weighted by atomic mass is 9.95. The molecule has 0 spiro atoms. The SMILES string of the molecule is Cc1cc(-c2cccc3c(C)cncc23)c2oc3c(-c4cc(-c5ccccc5)ccn4)cccc3c2c1. The van der Waals surface area contributed by atoms with E-state index in [1.807, 2.05) is 24.7 Å². The van der Waals surface area contributed by atoms with E-state index in [0.717, 1.165) is 55.3 Å². The zero-order valence-electron chi connectivity index (χ0n) is 20.7. The van der Waals surface area contributed by atoms with Crippen LogP contribution in [-0.4, -0.2) is 9.97 Å². The third-order valence-electron chi connectivity index (χ3n) is 7.18. The fourth-order valence-corrected chi connectivity index (χ4v) is 5.41. The third-order valence-corrected chi connectivity index (χ3v) is 7.18. The molecule has 0 amide bonds. The van der Waals surface area contributed by atoms with E-state index in [2.05, 4.69) is 104 Å². The van der Waals surface area contributed by atoms with E-state index in [0.29, 0.717) is 0 Å². The second-order valence-electron chi connectivity index (χ2n) is 9.63. The van der Waals surface area contributed by atoms with Crippen molar-refractivity contribution < 1.29 is 4.42 Å². The van der Waals surface area contributed by atoms with Gasteiger partial charge in [0.25, 0.3) is 0 Å². The van der Waals surface area contributed by atoms with E-state index in [-0.39, 0.29) is 0 Å². The lowest BCUT2D eigenvalue weighted by Gasteiger charge is -2.10. The number of pyridine rings is 2. The largest absolute Gasteiger partial charge is 0.455 e. The van der Waals surface area contributed by atoms with Crippen LogP contribution in [0.2, 0.25) is 0 Å². The van der Waals surface area contributed by atoms with Crippen LogP contribution in [0.1, 0.15) is 11.1 Å². The molecule has 7 aromatic rings. The highest BCUT2D eigenvalue weighted by atomic mass is 16.3. The van der Waals surface area contributed by atoms with Crippen molar-refractivity contribution in [1.29, 1.82) is 0 Å². The smallest absolute Gasteiger partial charge is 0.144 e. The summed E-state index contributed by atoms with van der Waals surface area (Å²) in [6.07, 6.45) is 5.75. The van der Waals surface area contributed by atoms with Crippen molar-refractivity contribution >= 4 is 32.7 Å². The van der Waals surface area contributed by atoms with E-state index in [4.69, 9.17) is 9.40 Å². The van der Waals surface area contributed by atoms with Gasteiger partial charge in [-0.3, -0.25) is 9.97 Å². The molecule has 0 radical (unpaired) electrons. The number of hydrogen-bond donors (Lipinski definition) is 0. The molecule has 3 nitrogen and oxygen atoms in total. The van der Waals surface area contributed by atoms with Crippen molar-refractivity contribution in [2.24, 2.45) is 0 Å². The van der Waals surface area contributed by atoms with Crippen molar-refractivity contribution in [3.05, 3.63) is 121 Å². The van der Waals surface area contributed by atoms with Crippen LogP contribution in [-0.2, 0) is 0 Å². The molecule has 0 N–H and O–H groups in total. The van der Waals surface area contributed by atoms with Gasteiger partial charge in [-0.25, -0.2) is 0 Å². The summed E-state index contributed by atoms with van der Waals surface area (Å²) in [4.78, 5) is 9.23. The lowest BCUT2D eigenvalue weighted by molar-refractivity contribution is 0.671. The molecular weight excluding hydrogens is 452 g/mol. The Morgan fingerprint density at radius 1 is 0.568 bits per heavy atom. The van der Waals surface area contributed by atoms with E-state index < -0.39 is 0 Å². The Morgan fingerprint density at radius 3 is 2.22 bits per heavy atom. The first kappa shape index (κ1) is 21.5. The van der Waals surface area contributed by atoms with Crippen molar-refractivity contribution in [3.63, 3.8) is 0 Å². The van der Waals surface area contributed by atoms with Gasteiger partial charge in [-0.05, 0) is 77.4 Å². The molecule has 176 valence electrons. The van der Waals surface area contributed by atoms with Gasteiger partial charge in [-0.2, -0.15) is 0 Å². The van der Waals surface area contributed by atoms with Crippen molar-refractivity contribution in [3.8, 4) is 33.5 Å². The number of rotatable bonds is 3. The summed E-state index contributed by atoms with van der Waals surface area (Å²) < 4.78 is 6.74. The van der Waals surface area contributed by atoms with E-state index in [9.17, 15) is 0 Å². The minimum Gasteiger partial charge on any atom is -0.455 e. The Bertz CT molecular complexity index is 1950. The topological polar surface area (TPSA) is 38.9 Å². The summed E-state index contributed by atoms with van der Waals surface area (Å²) in [7, 11) is 0. The fourth-order valence-electron chi connectivity index (χ4n) is 5.41. The third kappa shape index (κ3) is 3.51. The normalized spacial score (nSPS) is 11.5. The number of nitrogens with zero attached hydrogens (tertiary/aromatic N) is 2. The van der Waals surface area contributed by atoms with Crippen LogP contribution in [0.4, 0.5) is 0 Å². The molecule has 3 heteroatoms. The molecule has 0 saturated heterocycles. The van der Waals surface area contributed by atoms with Crippen LogP contribution >= 0.6 is 0 Å². The Hall–Kier alpha value is -4.76. The van der Waals surface area contributed by atoms with Gasteiger partial charge in [0.1, 0.15) is 11.2 Å². The molecule has 3 heterocycles. The maximum absolute atomic E-state index is 6.74. The van der Waals surface area contributed by atoms with Gasteiger partial charge in [0.2, 0.25) is 0 Å². The van der Waals surface area contributed by atoms with Gasteiger partial charge in [0.05, 0.1) is 5.69 Å². The van der Waals surface area contributed by atoms with Gasteiger partial charge in [0.15, 0.2) is 0 Å². The Balaban J connectivity index is 1.49. The summed E-state index contributed by atoms with van der Waals surface area (Å²) in [5, 5.41) is 4.55. The fraction of sp³-hybridized carbons (Fsp3) is 0.0588. The molecule has 0 aliphatic heterocycles. The van der Waals surface area contributed by atoms with E-state index >= 15 is 0 Å². The standard InChI is InChI=1S/C34H24N2O/c1-21-16-29(26-11-6-10-25-22(2)19-35-20-31(25)26)34-30(17-21)27-12-7-13-28(33(27)37-34)32-18-24(14-15-36-32)23-8-4-3-5-9-23/h3-20H,1-2H3. The number of hydrogen-bond acceptors (Lipinski definition) is 3. The number of fused-ring (bicyclic) bond motifs is 4. The van der Waals surface area contributed by atoms with E-state index in [1.165, 1.54) is 22.1 Å². The first-order valence-electron chi connectivity index (χ1n) is 12.5. The molecule has 0 unspecified atom stereocenters. The molecule has 0 aliphatic carbocycles. The average Bonchev–Trinajstić information content (AvgIpc) is 3.32. The van der Waals surface area contributed by atoms with Crippen LogP contribution in [0.3, 0.4) is 0 Å². The first-order chi connectivity index (χ1) is 18.2. The highest BCUT2D eigenvalue weighted by Crippen LogP contribution is 2.42. The van der Waals surface area contributed by atoms with Crippen LogP contribution < -0.4 is 0 Å². The Labute approximate surface area is 215 Å². The quantitative estimate of drug-likeness (QED) is 0.255. The van der Waals surface area contributed by atoms with Crippen molar-refractivity contribution in [2.45, 2.75) is 13.8 Å². The van der Waals surface area contributed by atoms with Gasteiger partial charge in [0, 0.05) is 45.9 Å². The number of aryl methyl sites for hydroxylation is 2. The Morgan fingerprint density at radius 2 is 1.35 bits per heavy atom. The van der Waals surface area contributed by atoms with Crippen LogP contribution in [0, 0.1) is 13.8 Å². The summed E-state index contributed by atoms with van der Waals surface area (Å²) in [6, 6.07) is 31.8. The van der Waals surface area contributed by atoms with Crippen LogP contribution in [0.15, 0.2) is 114 Å². The minimum absolute atomic E-state index is 0.858. The molecule has 7 rings (SSSR count). The maximum atomic E-state index is 6.74. The number of benzene rings is 4.